The van der Waals surface area contributed by atoms with E-state index >= 15 is 0 Å². The van der Waals surface area contributed by atoms with Crippen molar-refractivity contribution < 1.29 is 9.90 Å². The minimum absolute atomic E-state index is 0.128. The molecule has 1 amide bonds. The lowest BCUT2D eigenvalue weighted by molar-refractivity contribution is 0.0692. The Labute approximate surface area is 177 Å². The van der Waals surface area contributed by atoms with E-state index in [0.29, 0.717) is 22.9 Å². The van der Waals surface area contributed by atoms with Gasteiger partial charge in [-0.2, -0.15) is 0 Å². The lowest BCUT2D eigenvalue weighted by atomic mass is 9.98. The van der Waals surface area contributed by atoms with Gasteiger partial charge in [-0.3, -0.25) is 9.78 Å². The van der Waals surface area contributed by atoms with E-state index in [-0.39, 0.29) is 11.9 Å². The van der Waals surface area contributed by atoms with E-state index in [1.165, 1.54) is 11.3 Å². The minimum Gasteiger partial charge on any atom is -0.383 e. The highest BCUT2D eigenvalue weighted by Crippen LogP contribution is 2.35. The molecule has 0 bridgehead atoms. The highest BCUT2D eigenvalue weighted by molar-refractivity contribution is 7.13. The first-order valence-corrected chi connectivity index (χ1v) is 10.6. The Kier molecular flexibility index (Phi) is 4.41. The van der Waals surface area contributed by atoms with Gasteiger partial charge in [-0.15, -0.1) is 11.3 Å². The van der Waals surface area contributed by atoms with Crippen LogP contribution < -0.4 is 0 Å². The molecule has 152 valence electrons. The smallest absolute Gasteiger partial charge is 0.266 e. The summed E-state index contributed by atoms with van der Waals surface area (Å²) in [6, 6.07) is 9.68. The van der Waals surface area contributed by atoms with Crippen LogP contribution in [0.25, 0.3) is 10.8 Å². The number of aliphatic hydroxyl groups is 1. The van der Waals surface area contributed by atoms with E-state index in [1.54, 1.807) is 26.4 Å². The van der Waals surface area contributed by atoms with Crippen LogP contribution in [0.4, 0.5) is 0 Å². The van der Waals surface area contributed by atoms with E-state index in [9.17, 15) is 9.90 Å². The molecule has 30 heavy (non-hydrogen) atoms. The Balaban J connectivity index is 1.58. The molecule has 1 aliphatic heterocycles. The van der Waals surface area contributed by atoms with E-state index in [1.807, 2.05) is 41.4 Å². The van der Waals surface area contributed by atoms with Crippen LogP contribution in [0.15, 0.2) is 49.1 Å². The summed E-state index contributed by atoms with van der Waals surface area (Å²) in [7, 11) is 0. The molecule has 1 aliphatic rings. The molecule has 0 fully saturated rings. The summed E-state index contributed by atoms with van der Waals surface area (Å²) in [5.74, 6) is -0.128. The summed E-state index contributed by atoms with van der Waals surface area (Å²) >= 11 is 1.22. The summed E-state index contributed by atoms with van der Waals surface area (Å²) in [5.41, 5.74) is 1.55. The van der Waals surface area contributed by atoms with Crippen molar-refractivity contribution in [3.8, 4) is 0 Å². The van der Waals surface area contributed by atoms with Crippen molar-refractivity contribution in [3.05, 3.63) is 76.0 Å². The van der Waals surface area contributed by atoms with Gasteiger partial charge in [0.25, 0.3) is 5.91 Å². The van der Waals surface area contributed by atoms with E-state index < -0.39 is 5.60 Å². The number of aromatic nitrogens is 4. The molecule has 7 nitrogen and oxygen atoms in total. The van der Waals surface area contributed by atoms with Crippen LogP contribution in [0, 0.1) is 0 Å². The number of fused-ring (bicyclic) bond motifs is 2. The number of nitrogens with zero attached hydrogens (tertiary/aromatic N) is 4. The molecule has 8 heteroatoms. The maximum Gasteiger partial charge on any atom is 0.266 e. The van der Waals surface area contributed by atoms with Crippen LogP contribution >= 0.6 is 11.3 Å². The fourth-order valence-corrected chi connectivity index (χ4v) is 4.72. The second-order valence-electron chi connectivity index (χ2n) is 7.96. The van der Waals surface area contributed by atoms with Crippen LogP contribution in [0.3, 0.4) is 0 Å². The zero-order chi connectivity index (χ0) is 20.9. The van der Waals surface area contributed by atoms with Gasteiger partial charge in [0.2, 0.25) is 0 Å². The van der Waals surface area contributed by atoms with Gasteiger partial charge in [-0.05, 0) is 25.3 Å². The number of nitrogens with one attached hydrogen (secondary N) is 1. The number of benzene rings is 1. The third-order valence-corrected chi connectivity index (χ3v) is 6.66. The Morgan fingerprint density at radius 2 is 2.00 bits per heavy atom. The first kappa shape index (κ1) is 18.9. The molecule has 0 unspecified atom stereocenters. The fourth-order valence-electron chi connectivity index (χ4n) is 3.84. The molecule has 0 spiro atoms. The van der Waals surface area contributed by atoms with Crippen LogP contribution in [0.1, 0.15) is 51.7 Å². The van der Waals surface area contributed by atoms with Gasteiger partial charge in [0.05, 0.1) is 23.9 Å². The average Bonchev–Trinajstić information content (AvgIpc) is 3.41. The van der Waals surface area contributed by atoms with Crippen LogP contribution in [-0.2, 0) is 12.0 Å². The molecule has 4 heterocycles. The number of pyridine rings is 1. The Hall–Kier alpha value is -3.10. The van der Waals surface area contributed by atoms with E-state index in [4.69, 9.17) is 0 Å². The van der Waals surface area contributed by atoms with Gasteiger partial charge in [-0.1, -0.05) is 24.3 Å². The summed E-state index contributed by atoms with van der Waals surface area (Å²) in [5, 5.41) is 12.9. The Bertz CT molecular complexity index is 1240. The molecule has 0 saturated carbocycles. The van der Waals surface area contributed by atoms with E-state index in [0.717, 1.165) is 27.9 Å². The third kappa shape index (κ3) is 3.18. The number of H-pyrrole nitrogens is 1. The van der Waals surface area contributed by atoms with Crippen molar-refractivity contribution >= 4 is 28.0 Å². The van der Waals surface area contributed by atoms with Gasteiger partial charge < -0.3 is 15.0 Å². The molecule has 0 aliphatic carbocycles. The summed E-state index contributed by atoms with van der Waals surface area (Å²) in [6.07, 6.45) is 5.76. The number of carbonyl (C=O) groups excluding carboxylic acids is 1. The number of carbonyl (C=O) groups is 1. The van der Waals surface area contributed by atoms with Crippen LogP contribution in [-0.4, -0.2) is 42.4 Å². The van der Waals surface area contributed by atoms with Crippen molar-refractivity contribution in [3.63, 3.8) is 0 Å². The van der Waals surface area contributed by atoms with Gasteiger partial charge in [0.15, 0.2) is 0 Å². The van der Waals surface area contributed by atoms with Crippen molar-refractivity contribution in [1.29, 1.82) is 0 Å². The quantitative estimate of drug-likeness (QED) is 0.530. The monoisotopic (exact) mass is 419 g/mol. The Morgan fingerprint density at radius 3 is 2.77 bits per heavy atom. The molecule has 0 radical (unpaired) electrons. The second-order valence-corrected chi connectivity index (χ2v) is 8.99. The van der Waals surface area contributed by atoms with Crippen LogP contribution in [0.5, 0.6) is 0 Å². The van der Waals surface area contributed by atoms with Gasteiger partial charge in [0, 0.05) is 30.2 Å². The highest BCUT2D eigenvalue weighted by atomic mass is 32.1. The standard InChI is InChI=1S/C22H21N5O2S/c1-22(2,29)21-24-11-17(30-21)20(28)27-8-7-15-18(26-12-25-15)19(27)16-9-13-5-3-4-6-14(13)10-23-16/h3-6,9-12,19,29H,7-8H2,1-2H3,(H,25,26)/t19-/m0/s1. The molecular weight excluding hydrogens is 398 g/mol. The number of hydrogen-bond donors (Lipinski definition) is 2. The predicted octanol–water partition coefficient (Wildman–Crippen LogP) is 3.43. The van der Waals surface area contributed by atoms with Crippen molar-refractivity contribution in [2.24, 2.45) is 0 Å². The number of hydrogen-bond acceptors (Lipinski definition) is 6. The maximum absolute atomic E-state index is 13.5. The van der Waals surface area contributed by atoms with Crippen molar-refractivity contribution in [2.45, 2.75) is 31.9 Å². The molecule has 1 atom stereocenters. The molecule has 0 saturated heterocycles. The minimum atomic E-state index is -1.08. The predicted molar refractivity (Wildman–Crippen MR) is 114 cm³/mol. The summed E-state index contributed by atoms with van der Waals surface area (Å²) in [4.78, 5) is 32.4. The fraction of sp³-hybridized carbons (Fsp3) is 0.273. The zero-order valence-corrected chi connectivity index (χ0v) is 17.5. The van der Waals surface area contributed by atoms with Gasteiger partial charge in [0.1, 0.15) is 21.5 Å². The van der Waals surface area contributed by atoms with Crippen LogP contribution in [0.2, 0.25) is 0 Å². The number of aromatic amines is 1. The molecule has 4 aromatic rings. The second kappa shape index (κ2) is 7.00. The van der Waals surface area contributed by atoms with Crippen molar-refractivity contribution in [1.82, 2.24) is 24.8 Å². The zero-order valence-electron chi connectivity index (χ0n) is 16.7. The normalized spacial score (nSPS) is 16.6. The molecule has 2 N–H and O–H groups in total. The maximum atomic E-state index is 13.5. The number of rotatable bonds is 3. The summed E-state index contributed by atoms with van der Waals surface area (Å²) < 4.78 is 0. The van der Waals surface area contributed by atoms with Gasteiger partial charge >= 0.3 is 0 Å². The average molecular weight is 420 g/mol. The van der Waals surface area contributed by atoms with Crippen molar-refractivity contribution in [2.75, 3.05) is 6.54 Å². The number of thiazole rings is 1. The highest BCUT2D eigenvalue weighted by Gasteiger charge is 2.36. The third-order valence-electron chi connectivity index (χ3n) is 5.36. The first-order chi connectivity index (χ1) is 14.4. The SMILES string of the molecule is CC(C)(O)c1ncc(C(=O)N2CCc3[nH]cnc3[C@@H]2c2cc3ccccc3cn2)s1. The lowest BCUT2D eigenvalue weighted by Gasteiger charge is -2.34. The first-order valence-electron chi connectivity index (χ1n) is 9.78. The lowest BCUT2D eigenvalue weighted by Crippen LogP contribution is -2.40. The topological polar surface area (TPSA) is 95.0 Å². The molecule has 1 aromatic carbocycles. The molecule has 5 rings (SSSR count). The number of imidazole rings is 1. The summed E-state index contributed by atoms with van der Waals surface area (Å²) in [6.45, 7) is 3.88. The molecular formula is C22H21N5O2S. The van der Waals surface area contributed by atoms with Gasteiger partial charge in [-0.25, -0.2) is 9.97 Å². The van der Waals surface area contributed by atoms with E-state index in [2.05, 4.69) is 19.9 Å². The number of amides is 1. The largest absolute Gasteiger partial charge is 0.383 e. The molecule has 3 aromatic heterocycles. The Morgan fingerprint density at radius 1 is 1.20 bits per heavy atom.